The number of benzene rings is 1. The van der Waals surface area contributed by atoms with Gasteiger partial charge in [-0.05, 0) is 23.6 Å². The van der Waals surface area contributed by atoms with Gasteiger partial charge in [0.15, 0.2) is 0 Å². The number of piperidine rings is 1. The van der Waals surface area contributed by atoms with E-state index in [2.05, 4.69) is 10.3 Å². The summed E-state index contributed by atoms with van der Waals surface area (Å²) in [5, 5.41) is 4.87. The van der Waals surface area contributed by atoms with Crippen LogP contribution >= 0.6 is 11.3 Å². The van der Waals surface area contributed by atoms with Crippen molar-refractivity contribution in [1.82, 2.24) is 9.62 Å². The van der Waals surface area contributed by atoms with Crippen molar-refractivity contribution in [3.63, 3.8) is 0 Å². The van der Waals surface area contributed by atoms with E-state index in [1.807, 2.05) is 17.5 Å². The van der Waals surface area contributed by atoms with Gasteiger partial charge in [-0.15, -0.1) is 11.3 Å². The molecule has 1 spiro atoms. The zero-order valence-corrected chi connectivity index (χ0v) is 15.0. The molecule has 0 radical (unpaired) electrons. The first-order valence-electron chi connectivity index (χ1n) is 8.02. The van der Waals surface area contributed by atoms with Gasteiger partial charge in [0.25, 0.3) is 5.91 Å². The first-order valence-corrected chi connectivity index (χ1v) is 10.3. The summed E-state index contributed by atoms with van der Waals surface area (Å²) in [5.74, 6) is -0.179. The molecule has 1 aromatic heterocycles. The predicted octanol–water partition coefficient (Wildman–Crippen LogP) is 1.85. The van der Waals surface area contributed by atoms with Gasteiger partial charge in [-0.25, -0.2) is 8.42 Å². The largest absolute Gasteiger partial charge is 0.326 e. The highest BCUT2D eigenvalue weighted by Gasteiger charge is 2.44. The summed E-state index contributed by atoms with van der Waals surface area (Å²) in [6.45, 7) is 0.664. The Morgan fingerprint density at radius 1 is 1.08 bits per heavy atom. The maximum atomic E-state index is 12.7. The summed E-state index contributed by atoms with van der Waals surface area (Å²) in [7, 11) is -3.50. The van der Waals surface area contributed by atoms with Crippen LogP contribution in [0.4, 0.5) is 0 Å². The van der Waals surface area contributed by atoms with E-state index >= 15 is 0 Å². The highest BCUT2D eigenvalue weighted by molar-refractivity contribution is 7.89. The molecule has 0 unspecified atom stereocenters. The molecule has 2 aliphatic heterocycles. The number of aliphatic imine (C=N–C) groups is 1. The van der Waals surface area contributed by atoms with Crippen molar-refractivity contribution in [2.45, 2.75) is 23.4 Å². The number of carbonyl (C=O) groups excluding carboxylic acids is 1. The summed E-state index contributed by atoms with van der Waals surface area (Å²) in [4.78, 5) is 18.1. The minimum Gasteiger partial charge on any atom is -0.326 e. The Bertz CT molecular complexity index is 913. The fourth-order valence-corrected chi connectivity index (χ4v) is 5.39. The molecule has 0 aliphatic carbocycles. The number of rotatable bonds is 3. The molecule has 3 heterocycles. The average Bonchev–Trinajstić information content (AvgIpc) is 3.24. The number of thiophene rings is 1. The third kappa shape index (κ3) is 2.90. The molecular weight excluding hydrogens is 358 g/mol. The first-order chi connectivity index (χ1) is 12.0. The average molecular weight is 375 g/mol. The molecule has 0 bridgehead atoms. The summed E-state index contributed by atoms with van der Waals surface area (Å²) < 4.78 is 26.9. The first kappa shape index (κ1) is 16.4. The summed E-state index contributed by atoms with van der Waals surface area (Å²) in [6, 6.07) is 12.2. The Morgan fingerprint density at radius 3 is 2.44 bits per heavy atom. The molecule has 0 atom stereocenters. The van der Waals surface area contributed by atoms with Crippen LogP contribution in [0.3, 0.4) is 0 Å². The highest BCUT2D eigenvalue weighted by atomic mass is 32.2. The fourth-order valence-electron chi connectivity index (χ4n) is 3.22. The van der Waals surface area contributed by atoms with Gasteiger partial charge in [-0.1, -0.05) is 24.3 Å². The van der Waals surface area contributed by atoms with E-state index in [-0.39, 0.29) is 5.91 Å². The Balaban J connectivity index is 1.53. The molecule has 1 saturated heterocycles. The van der Waals surface area contributed by atoms with Crippen LogP contribution in [0.15, 0.2) is 57.7 Å². The van der Waals surface area contributed by atoms with Crippen LogP contribution in [0.25, 0.3) is 0 Å². The smallest absolute Gasteiger partial charge is 0.272 e. The molecule has 4 rings (SSSR count). The third-order valence-corrected chi connectivity index (χ3v) is 7.36. The van der Waals surface area contributed by atoms with Crippen molar-refractivity contribution in [2.75, 3.05) is 13.1 Å². The minimum atomic E-state index is -3.50. The molecule has 1 amide bonds. The lowest BCUT2D eigenvalue weighted by molar-refractivity contribution is -0.115. The van der Waals surface area contributed by atoms with Crippen molar-refractivity contribution in [3.8, 4) is 0 Å². The lowest BCUT2D eigenvalue weighted by Crippen LogP contribution is -2.52. The monoisotopic (exact) mass is 375 g/mol. The van der Waals surface area contributed by atoms with E-state index in [4.69, 9.17) is 0 Å². The topological polar surface area (TPSA) is 78.8 Å². The molecule has 25 heavy (non-hydrogen) atoms. The Labute approximate surface area is 150 Å². The van der Waals surface area contributed by atoms with Crippen LogP contribution in [0.1, 0.15) is 17.7 Å². The maximum Gasteiger partial charge on any atom is 0.272 e. The van der Waals surface area contributed by atoms with E-state index in [9.17, 15) is 13.2 Å². The SMILES string of the molecule is O=C1NC2(CCN(S(=O)(=O)c3ccccc3)CC2)N=C1c1cccs1. The standard InChI is InChI=1S/C17H17N3O3S2/c21-16-15(14-7-4-12-24-14)18-17(19-16)8-10-20(11-9-17)25(22,23)13-5-2-1-3-6-13/h1-7,12H,8-11H2,(H,19,21). The number of nitrogens with one attached hydrogen (secondary N) is 1. The van der Waals surface area contributed by atoms with Crippen LogP contribution in [-0.4, -0.2) is 43.1 Å². The van der Waals surface area contributed by atoms with Crippen molar-refractivity contribution in [1.29, 1.82) is 0 Å². The predicted molar refractivity (Wildman–Crippen MR) is 96.2 cm³/mol. The number of hydrogen-bond acceptors (Lipinski definition) is 5. The Kier molecular flexibility index (Phi) is 3.98. The van der Waals surface area contributed by atoms with E-state index < -0.39 is 15.7 Å². The van der Waals surface area contributed by atoms with Gasteiger partial charge in [0, 0.05) is 25.9 Å². The molecule has 1 N–H and O–H groups in total. The highest BCUT2D eigenvalue weighted by Crippen LogP contribution is 2.31. The van der Waals surface area contributed by atoms with E-state index in [0.29, 0.717) is 36.5 Å². The van der Waals surface area contributed by atoms with Gasteiger partial charge in [-0.2, -0.15) is 4.31 Å². The number of carbonyl (C=O) groups is 1. The van der Waals surface area contributed by atoms with Gasteiger partial charge < -0.3 is 5.32 Å². The normalized spacial score (nSPS) is 20.5. The van der Waals surface area contributed by atoms with Crippen LogP contribution in [0.5, 0.6) is 0 Å². The van der Waals surface area contributed by atoms with E-state index in [1.165, 1.54) is 15.6 Å². The summed E-state index contributed by atoms with van der Waals surface area (Å²) in [6.07, 6.45) is 0.944. The summed E-state index contributed by atoms with van der Waals surface area (Å²) in [5.41, 5.74) is -0.228. The Morgan fingerprint density at radius 2 is 1.80 bits per heavy atom. The molecule has 2 aliphatic rings. The molecule has 6 nitrogen and oxygen atoms in total. The molecule has 130 valence electrons. The second-order valence-electron chi connectivity index (χ2n) is 6.14. The maximum absolute atomic E-state index is 12.7. The van der Waals surface area contributed by atoms with E-state index in [1.54, 1.807) is 30.3 Å². The van der Waals surface area contributed by atoms with Crippen molar-refractivity contribution >= 4 is 33.0 Å². The van der Waals surface area contributed by atoms with Crippen LogP contribution in [0, 0.1) is 0 Å². The van der Waals surface area contributed by atoms with Crippen molar-refractivity contribution in [3.05, 3.63) is 52.7 Å². The molecule has 8 heteroatoms. The Hall–Kier alpha value is -2.03. The number of amides is 1. The van der Waals surface area contributed by atoms with Crippen LogP contribution in [0.2, 0.25) is 0 Å². The number of hydrogen-bond donors (Lipinski definition) is 1. The van der Waals surface area contributed by atoms with Gasteiger partial charge in [0.1, 0.15) is 11.4 Å². The molecule has 1 aromatic carbocycles. The van der Waals surface area contributed by atoms with E-state index in [0.717, 1.165) is 4.88 Å². The van der Waals surface area contributed by atoms with Crippen molar-refractivity contribution < 1.29 is 13.2 Å². The van der Waals surface area contributed by atoms with Crippen molar-refractivity contribution in [2.24, 2.45) is 4.99 Å². The third-order valence-electron chi connectivity index (χ3n) is 4.57. The van der Waals surface area contributed by atoms with Crippen LogP contribution < -0.4 is 5.32 Å². The zero-order chi connectivity index (χ0) is 17.5. The summed E-state index contributed by atoms with van der Waals surface area (Å²) >= 11 is 1.48. The lowest BCUT2D eigenvalue weighted by Gasteiger charge is -2.36. The molecule has 1 fully saturated rings. The number of nitrogens with zero attached hydrogens (tertiary/aromatic N) is 2. The molecule has 0 saturated carbocycles. The number of sulfonamides is 1. The zero-order valence-electron chi connectivity index (χ0n) is 13.4. The lowest BCUT2D eigenvalue weighted by atomic mass is 10.00. The van der Waals surface area contributed by atoms with Gasteiger partial charge >= 0.3 is 0 Å². The minimum absolute atomic E-state index is 0.179. The second-order valence-corrected chi connectivity index (χ2v) is 9.03. The second kappa shape index (κ2) is 6.05. The quantitative estimate of drug-likeness (QED) is 0.889. The molecular formula is C17H17N3O3S2. The molecule has 2 aromatic rings. The van der Waals surface area contributed by atoms with Crippen LogP contribution in [-0.2, 0) is 14.8 Å². The van der Waals surface area contributed by atoms with Gasteiger partial charge in [0.2, 0.25) is 10.0 Å². The fraction of sp³-hybridized carbons (Fsp3) is 0.294. The van der Waals surface area contributed by atoms with Gasteiger partial charge in [-0.3, -0.25) is 9.79 Å². The van der Waals surface area contributed by atoms with Gasteiger partial charge in [0.05, 0.1) is 9.77 Å².